The minimum atomic E-state index is -1.15. The van der Waals surface area contributed by atoms with Crippen molar-refractivity contribution in [2.45, 2.75) is 0 Å². The molecule has 3 nitrogen and oxygen atoms in total. The van der Waals surface area contributed by atoms with Gasteiger partial charge in [0.1, 0.15) is 5.82 Å². The molecule has 0 saturated carbocycles. The minimum absolute atomic E-state index is 0.652. The summed E-state index contributed by atoms with van der Waals surface area (Å²) in [7, 11) is 0. The molecule has 64 valence electrons. The van der Waals surface area contributed by atoms with Gasteiger partial charge in [-0.05, 0) is 12.1 Å². The molecule has 1 aromatic carbocycles. The molecule has 12 heavy (non-hydrogen) atoms. The van der Waals surface area contributed by atoms with Crippen molar-refractivity contribution in [2.75, 3.05) is 0 Å². The summed E-state index contributed by atoms with van der Waals surface area (Å²) >= 11 is 5.14. The van der Waals surface area contributed by atoms with E-state index in [9.17, 15) is 18.9 Å². The van der Waals surface area contributed by atoms with E-state index in [2.05, 4.69) is 0 Å². The fourth-order valence-corrected chi connectivity index (χ4v) is 0.906. The topological polar surface area (TPSA) is 43.1 Å². The average Bonchev–Trinajstić information content (AvgIpc) is 1.97. The molecule has 0 radical (unpaired) electrons. The van der Waals surface area contributed by atoms with Crippen LogP contribution in [0, 0.1) is 21.7 Å². The first-order chi connectivity index (χ1) is 5.54. The average molecular weight is 194 g/mol. The predicted octanol–water partition coefficient (Wildman–Crippen LogP) is 2.53. The molecule has 0 aliphatic carbocycles. The molecule has 0 saturated heterocycles. The van der Waals surface area contributed by atoms with Crippen LogP contribution in [0.3, 0.4) is 0 Å². The number of nitro groups is 1. The Kier molecular flexibility index (Phi) is 2.23. The van der Waals surface area contributed by atoms with Gasteiger partial charge < -0.3 is 0 Å². The number of rotatable bonds is 1. The second-order valence-electron chi connectivity index (χ2n) is 1.95. The lowest BCUT2D eigenvalue weighted by molar-refractivity contribution is -0.387. The number of benzene rings is 1. The first-order valence-electron chi connectivity index (χ1n) is 2.82. The van der Waals surface area contributed by atoms with E-state index in [0.717, 1.165) is 6.07 Å². The highest BCUT2D eigenvalue weighted by atomic mass is 35.5. The molecule has 6 heteroatoms. The zero-order valence-electron chi connectivity index (χ0n) is 5.55. The van der Waals surface area contributed by atoms with Crippen molar-refractivity contribution in [3.05, 3.63) is 38.9 Å². The number of hydrogen-bond donors (Lipinski definition) is 0. The monoisotopic (exact) mass is 193 g/mol. The fourth-order valence-electron chi connectivity index (χ4n) is 0.684. The maximum Gasteiger partial charge on any atom is 0.326 e. The largest absolute Gasteiger partial charge is 0.326 e. The number of hydrogen-bond acceptors (Lipinski definition) is 2. The van der Waals surface area contributed by atoms with Crippen LogP contribution in [0.25, 0.3) is 0 Å². The van der Waals surface area contributed by atoms with Crippen molar-refractivity contribution >= 4 is 17.3 Å². The number of nitro benzene ring substituents is 1. The van der Waals surface area contributed by atoms with E-state index in [-0.39, 0.29) is 0 Å². The van der Waals surface area contributed by atoms with Gasteiger partial charge in [0, 0.05) is 0 Å². The zero-order chi connectivity index (χ0) is 9.30. The van der Waals surface area contributed by atoms with Crippen LogP contribution in [-0.2, 0) is 0 Å². The minimum Gasteiger partial charge on any atom is -0.258 e. The van der Waals surface area contributed by atoms with Crippen LogP contribution in [0.4, 0.5) is 14.5 Å². The van der Waals surface area contributed by atoms with Crippen LogP contribution in [0.5, 0.6) is 0 Å². The van der Waals surface area contributed by atoms with Gasteiger partial charge in [-0.1, -0.05) is 11.6 Å². The van der Waals surface area contributed by atoms with Gasteiger partial charge >= 0.3 is 5.69 Å². The Labute approximate surface area is 70.7 Å². The van der Waals surface area contributed by atoms with Crippen LogP contribution < -0.4 is 0 Å². The number of halogens is 3. The standard InChI is InChI=1S/C6H2ClF2NO2/c7-5-3(8)1-2-4(9)6(5)10(11)12/h1-2H. The first kappa shape index (κ1) is 8.86. The van der Waals surface area contributed by atoms with Gasteiger partial charge in [0.25, 0.3) is 0 Å². The number of nitrogens with zero attached hydrogens (tertiary/aromatic N) is 1. The lowest BCUT2D eigenvalue weighted by Gasteiger charge is -1.96. The summed E-state index contributed by atoms with van der Waals surface area (Å²) in [6.45, 7) is 0. The van der Waals surface area contributed by atoms with E-state index in [4.69, 9.17) is 11.6 Å². The highest BCUT2D eigenvalue weighted by molar-refractivity contribution is 6.32. The van der Waals surface area contributed by atoms with Crippen LogP contribution in [0.1, 0.15) is 0 Å². The summed E-state index contributed by atoms with van der Waals surface area (Å²) in [5.74, 6) is -2.16. The normalized spacial score (nSPS) is 9.92. The molecular weight excluding hydrogens is 192 g/mol. The molecule has 0 spiro atoms. The quantitative estimate of drug-likeness (QED) is 0.391. The smallest absolute Gasteiger partial charge is 0.258 e. The van der Waals surface area contributed by atoms with Gasteiger partial charge in [-0.2, -0.15) is 4.39 Å². The van der Waals surface area contributed by atoms with Crippen molar-refractivity contribution in [3.63, 3.8) is 0 Å². The molecule has 0 amide bonds. The highest BCUT2D eigenvalue weighted by Crippen LogP contribution is 2.29. The summed E-state index contributed by atoms with van der Waals surface area (Å²) < 4.78 is 25.1. The van der Waals surface area contributed by atoms with Gasteiger partial charge in [0.2, 0.25) is 5.82 Å². The molecule has 1 rings (SSSR count). The van der Waals surface area contributed by atoms with E-state index in [0.29, 0.717) is 6.07 Å². The predicted molar refractivity (Wildman–Crippen MR) is 38.0 cm³/mol. The molecule has 0 unspecified atom stereocenters. The van der Waals surface area contributed by atoms with Crippen LogP contribution in [0.2, 0.25) is 5.02 Å². The molecule has 0 heterocycles. The Hall–Kier alpha value is -1.23. The Bertz CT molecular complexity index is 343. The Morgan fingerprint density at radius 2 is 1.83 bits per heavy atom. The molecule has 0 fully saturated rings. The van der Waals surface area contributed by atoms with Crippen LogP contribution in [-0.4, -0.2) is 4.92 Å². The zero-order valence-corrected chi connectivity index (χ0v) is 6.31. The molecule has 0 bridgehead atoms. The second-order valence-corrected chi connectivity index (χ2v) is 2.33. The molecule has 0 N–H and O–H groups in total. The van der Waals surface area contributed by atoms with Crippen molar-refractivity contribution in [2.24, 2.45) is 0 Å². The van der Waals surface area contributed by atoms with Gasteiger partial charge in [-0.25, -0.2) is 4.39 Å². The molecule has 0 aromatic heterocycles. The van der Waals surface area contributed by atoms with E-state index >= 15 is 0 Å². The van der Waals surface area contributed by atoms with Crippen molar-refractivity contribution < 1.29 is 13.7 Å². The molecule has 0 atom stereocenters. The third-order valence-corrected chi connectivity index (χ3v) is 1.56. The summed E-state index contributed by atoms with van der Waals surface area (Å²) in [5, 5.41) is 9.30. The summed E-state index contributed by atoms with van der Waals surface area (Å²) in [4.78, 5) is 9.04. The van der Waals surface area contributed by atoms with E-state index in [1.807, 2.05) is 0 Å². The van der Waals surface area contributed by atoms with Crippen molar-refractivity contribution in [1.29, 1.82) is 0 Å². The fraction of sp³-hybridized carbons (Fsp3) is 0. The third-order valence-electron chi connectivity index (χ3n) is 1.20. The highest BCUT2D eigenvalue weighted by Gasteiger charge is 2.21. The summed E-state index contributed by atoms with van der Waals surface area (Å²) in [6.07, 6.45) is 0. The van der Waals surface area contributed by atoms with E-state index in [1.165, 1.54) is 0 Å². The SMILES string of the molecule is O=[N+]([O-])c1c(F)ccc(F)c1Cl. The Balaban J connectivity index is 3.43. The second kappa shape index (κ2) is 3.02. The molecular formula is C6H2ClF2NO2. The van der Waals surface area contributed by atoms with Gasteiger partial charge in [-0.15, -0.1) is 0 Å². The maximum absolute atomic E-state index is 12.6. The molecule has 0 aliphatic heterocycles. The first-order valence-corrected chi connectivity index (χ1v) is 3.19. The van der Waals surface area contributed by atoms with Gasteiger partial charge in [-0.3, -0.25) is 10.1 Å². The van der Waals surface area contributed by atoms with Crippen molar-refractivity contribution in [3.8, 4) is 0 Å². The molecule has 0 aliphatic rings. The maximum atomic E-state index is 12.6. The summed E-state index contributed by atoms with van der Waals surface area (Å²) in [5.41, 5.74) is -1.03. The molecule has 1 aromatic rings. The summed E-state index contributed by atoms with van der Waals surface area (Å²) in [6, 6.07) is 1.38. The van der Waals surface area contributed by atoms with Crippen LogP contribution in [0.15, 0.2) is 12.1 Å². The van der Waals surface area contributed by atoms with Gasteiger partial charge in [0.05, 0.1) is 4.92 Å². The Morgan fingerprint density at radius 3 is 2.25 bits per heavy atom. The van der Waals surface area contributed by atoms with Gasteiger partial charge in [0.15, 0.2) is 5.02 Å². The third kappa shape index (κ3) is 1.35. The lowest BCUT2D eigenvalue weighted by atomic mass is 10.3. The van der Waals surface area contributed by atoms with Crippen molar-refractivity contribution in [1.82, 2.24) is 0 Å². The van der Waals surface area contributed by atoms with E-state index < -0.39 is 27.3 Å². The lowest BCUT2D eigenvalue weighted by Crippen LogP contribution is -1.95. The van der Waals surface area contributed by atoms with Crippen LogP contribution >= 0.6 is 11.6 Å². The Morgan fingerprint density at radius 1 is 1.33 bits per heavy atom. The van der Waals surface area contributed by atoms with E-state index in [1.54, 1.807) is 0 Å².